The minimum absolute atomic E-state index is 0.0879. The Labute approximate surface area is 120 Å². The van der Waals surface area contributed by atoms with Crippen LogP contribution in [0.25, 0.3) is 0 Å². The van der Waals surface area contributed by atoms with Crippen molar-refractivity contribution in [2.45, 2.75) is 58.2 Å². The molecule has 0 spiro atoms. The third kappa shape index (κ3) is 5.36. The van der Waals surface area contributed by atoms with Crippen molar-refractivity contribution in [3.8, 4) is 0 Å². The fraction of sp³-hybridized carbons (Fsp3) is 0.857. The van der Waals surface area contributed by atoms with E-state index in [9.17, 15) is 9.59 Å². The smallest absolute Gasteiger partial charge is 0.407 e. The first-order valence-electron chi connectivity index (χ1n) is 7.04. The first-order valence-corrected chi connectivity index (χ1v) is 7.04. The Balaban J connectivity index is 2.43. The number of likely N-dealkylation sites (tertiary alicyclic amines) is 1. The largest absolute Gasteiger partial charge is 0.468 e. The maximum absolute atomic E-state index is 11.7. The van der Waals surface area contributed by atoms with Gasteiger partial charge in [0.2, 0.25) is 0 Å². The number of methoxy groups -OCH3 is 1. The molecule has 0 saturated carbocycles. The number of nitrogens with one attached hydrogen (secondary N) is 1. The van der Waals surface area contributed by atoms with Gasteiger partial charge in [-0.25, -0.2) is 4.79 Å². The van der Waals surface area contributed by atoms with Crippen LogP contribution in [0.15, 0.2) is 0 Å². The number of nitrogens with zero attached hydrogens (tertiary/aromatic N) is 1. The minimum Gasteiger partial charge on any atom is -0.468 e. The van der Waals surface area contributed by atoms with Gasteiger partial charge in [-0.1, -0.05) is 0 Å². The minimum atomic E-state index is -0.508. The summed E-state index contributed by atoms with van der Waals surface area (Å²) in [5.41, 5.74) is -0.508. The average molecular weight is 286 g/mol. The number of alkyl carbamates (subject to hydrolysis) is 1. The number of carbonyl (C=O) groups is 2. The van der Waals surface area contributed by atoms with Crippen molar-refractivity contribution in [1.29, 1.82) is 0 Å². The highest BCUT2D eigenvalue weighted by Crippen LogP contribution is 2.18. The maximum Gasteiger partial charge on any atom is 0.407 e. The lowest BCUT2D eigenvalue weighted by Crippen LogP contribution is -2.47. The lowest BCUT2D eigenvalue weighted by molar-refractivity contribution is -0.145. The number of rotatable bonds is 4. The van der Waals surface area contributed by atoms with E-state index in [2.05, 4.69) is 5.32 Å². The van der Waals surface area contributed by atoms with Gasteiger partial charge in [-0.2, -0.15) is 0 Å². The molecule has 1 amide bonds. The number of ether oxygens (including phenoxy) is 2. The Hall–Kier alpha value is -1.30. The van der Waals surface area contributed by atoms with Gasteiger partial charge in [0.05, 0.1) is 7.11 Å². The Bertz CT molecular complexity index is 352. The van der Waals surface area contributed by atoms with Crippen molar-refractivity contribution in [1.82, 2.24) is 10.2 Å². The van der Waals surface area contributed by atoms with E-state index in [0.717, 1.165) is 19.4 Å². The Morgan fingerprint density at radius 3 is 2.60 bits per heavy atom. The molecule has 1 aliphatic rings. The van der Waals surface area contributed by atoms with Crippen molar-refractivity contribution in [3.05, 3.63) is 0 Å². The molecule has 0 unspecified atom stereocenters. The van der Waals surface area contributed by atoms with Crippen LogP contribution in [-0.2, 0) is 14.3 Å². The molecule has 1 aliphatic heterocycles. The SMILES string of the molecule is COC(=O)[C@@H]1CCCN1C[C@H](C)NC(=O)OC(C)(C)C. The molecule has 0 radical (unpaired) electrons. The monoisotopic (exact) mass is 286 g/mol. The zero-order valence-corrected chi connectivity index (χ0v) is 13.1. The van der Waals surface area contributed by atoms with Crippen LogP contribution >= 0.6 is 0 Å². The molecular formula is C14H26N2O4. The molecular weight excluding hydrogens is 260 g/mol. The van der Waals surface area contributed by atoms with Gasteiger partial charge in [0.25, 0.3) is 0 Å². The number of hydrogen-bond acceptors (Lipinski definition) is 5. The molecule has 1 fully saturated rings. The Morgan fingerprint density at radius 2 is 2.05 bits per heavy atom. The lowest BCUT2D eigenvalue weighted by Gasteiger charge is -2.27. The first kappa shape index (κ1) is 16.8. The number of esters is 1. The Morgan fingerprint density at radius 1 is 1.40 bits per heavy atom. The molecule has 0 aromatic carbocycles. The summed E-state index contributed by atoms with van der Waals surface area (Å²) in [6.45, 7) is 8.83. The van der Waals surface area contributed by atoms with Gasteiger partial charge in [0.1, 0.15) is 11.6 Å². The highest BCUT2D eigenvalue weighted by Gasteiger charge is 2.32. The maximum atomic E-state index is 11.7. The van der Waals surface area contributed by atoms with Crippen molar-refractivity contribution in [2.24, 2.45) is 0 Å². The van der Waals surface area contributed by atoms with Gasteiger partial charge < -0.3 is 14.8 Å². The predicted octanol–water partition coefficient (Wildman–Crippen LogP) is 1.54. The van der Waals surface area contributed by atoms with E-state index in [4.69, 9.17) is 9.47 Å². The number of amides is 1. The lowest BCUT2D eigenvalue weighted by atomic mass is 10.2. The van der Waals surface area contributed by atoms with Crippen LogP contribution in [0.4, 0.5) is 4.79 Å². The molecule has 0 aromatic heterocycles. The van der Waals surface area contributed by atoms with E-state index in [1.165, 1.54) is 7.11 Å². The summed E-state index contributed by atoms with van der Waals surface area (Å²) in [5, 5.41) is 2.79. The summed E-state index contributed by atoms with van der Waals surface area (Å²) in [5.74, 6) is -0.202. The standard InChI is InChI=1S/C14H26N2O4/c1-10(15-13(18)20-14(2,3)4)9-16-8-6-7-11(16)12(17)19-5/h10-11H,6-9H2,1-5H3,(H,15,18)/t10-,11-/m0/s1. The molecule has 0 aromatic rings. The first-order chi connectivity index (χ1) is 9.23. The molecule has 20 heavy (non-hydrogen) atoms. The van der Waals surface area contributed by atoms with Crippen LogP contribution in [-0.4, -0.2) is 54.8 Å². The second kappa shape index (κ2) is 6.92. The van der Waals surface area contributed by atoms with Gasteiger partial charge in [-0.05, 0) is 47.1 Å². The topological polar surface area (TPSA) is 67.9 Å². The van der Waals surface area contributed by atoms with E-state index in [1.54, 1.807) is 0 Å². The summed E-state index contributed by atoms with van der Waals surface area (Å²) in [7, 11) is 1.40. The van der Waals surface area contributed by atoms with Gasteiger partial charge in [0, 0.05) is 12.6 Å². The van der Waals surface area contributed by atoms with Gasteiger partial charge in [-0.3, -0.25) is 9.69 Å². The summed E-state index contributed by atoms with van der Waals surface area (Å²) >= 11 is 0. The highest BCUT2D eigenvalue weighted by molar-refractivity contribution is 5.76. The molecule has 0 aliphatic carbocycles. The zero-order valence-electron chi connectivity index (χ0n) is 13.1. The number of hydrogen-bond donors (Lipinski definition) is 1. The van der Waals surface area contributed by atoms with Crippen LogP contribution in [0.2, 0.25) is 0 Å². The zero-order chi connectivity index (χ0) is 15.3. The molecule has 1 saturated heterocycles. The molecule has 6 nitrogen and oxygen atoms in total. The van der Waals surface area contributed by atoms with E-state index in [-0.39, 0.29) is 18.1 Å². The summed E-state index contributed by atoms with van der Waals surface area (Å²) < 4.78 is 10.0. The molecule has 1 N–H and O–H groups in total. The molecule has 1 rings (SSSR count). The fourth-order valence-electron chi connectivity index (χ4n) is 2.35. The molecule has 1 heterocycles. The molecule has 116 valence electrons. The van der Waals surface area contributed by atoms with Crippen LogP contribution < -0.4 is 5.32 Å². The van der Waals surface area contributed by atoms with E-state index >= 15 is 0 Å². The van der Waals surface area contributed by atoms with Gasteiger partial charge in [-0.15, -0.1) is 0 Å². The van der Waals surface area contributed by atoms with Gasteiger partial charge >= 0.3 is 12.1 Å². The van der Waals surface area contributed by atoms with Crippen LogP contribution in [0.5, 0.6) is 0 Å². The predicted molar refractivity (Wildman–Crippen MR) is 75.4 cm³/mol. The fourth-order valence-corrected chi connectivity index (χ4v) is 2.35. The normalized spacial score (nSPS) is 21.4. The summed E-state index contributed by atoms with van der Waals surface area (Å²) in [6, 6.07) is -0.280. The molecule has 0 bridgehead atoms. The second-order valence-corrected chi connectivity index (χ2v) is 6.22. The number of carbonyl (C=O) groups excluding carboxylic acids is 2. The third-order valence-corrected chi connectivity index (χ3v) is 3.11. The van der Waals surface area contributed by atoms with Gasteiger partial charge in [0.15, 0.2) is 0 Å². The van der Waals surface area contributed by atoms with E-state index < -0.39 is 11.7 Å². The second-order valence-electron chi connectivity index (χ2n) is 6.22. The highest BCUT2D eigenvalue weighted by atomic mass is 16.6. The summed E-state index contributed by atoms with van der Waals surface area (Å²) in [4.78, 5) is 25.4. The van der Waals surface area contributed by atoms with Crippen molar-refractivity contribution in [3.63, 3.8) is 0 Å². The van der Waals surface area contributed by atoms with Crippen LogP contribution in [0, 0.1) is 0 Å². The van der Waals surface area contributed by atoms with E-state index in [1.807, 2.05) is 32.6 Å². The average Bonchev–Trinajstić information content (AvgIpc) is 2.73. The van der Waals surface area contributed by atoms with Crippen molar-refractivity contribution < 1.29 is 19.1 Å². The Kier molecular flexibility index (Phi) is 5.80. The summed E-state index contributed by atoms with van der Waals surface area (Å²) in [6.07, 6.45) is 1.35. The van der Waals surface area contributed by atoms with Crippen LogP contribution in [0.3, 0.4) is 0 Å². The van der Waals surface area contributed by atoms with Crippen molar-refractivity contribution in [2.75, 3.05) is 20.2 Å². The third-order valence-electron chi connectivity index (χ3n) is 3.11. The van der Waals surface area contributed by atoms with E-state index in [0.29, 0.717) is 6.54 Å². The molecule has 2 atom stereocenters. The van der Waals surface area contributed by atoms with Crippen LogP contribution in [0.1, 0.15) is 40.5 Å². The quantitative estimate of drug-likeness (QED) is 0.794. The van der Waals surface area contributed by atoms with Crippen molar-refractivity contribution >= 4 is 12.1 Å². The molecule has 6 heteroatoms.